The Morgan fingerprint density at radius 1 is 1.00 bits per heavy atom. The average molecular weight is 702 g/mol. The van der Waals surface area contributed by atoms with E-state index >= 15 is 0 Å². The highest BCUT2D eigenvalue weighted by molar-refractivity contribution is 7.14. The molecule has 46 heavy (non-hydrogen) atoms. The van der Waals surface area contributed by atoms with Crippen molar-refractivity contribution in [1.82, 2.24) is 15.2 Å². The monoisotopic (exact) mass is 700 g/mol. The van der Waals surface area contributed by atoms with Gasteiger partial charge in [0.15, 0.2) is 5.13 Å². The maximum Gasteiger partial charge on any atom is 0.490 e. The predicted molar refractivity (Wildman–Crippen MR) is 175 cm³/mol. The number of carboxylic acids is 1. The van der Waals surface area contributed by atoms with Crippen molar-refractivity contribution in [2.24, 2.45) is 0 Å². The van der Waals surface area contributed by atoms with Gasteiger partial charge in [0.2, 0.25) is 5.91 Å². The third-order valence-corrected chi connectivity index (χ3v) is 9.31. The number of ether oxygens (including phenoxy) is 1. The van der Waals surface area contributed by atoms with E-state index in [1.165, 1.54) is 19.3 Å². The fourth-order valence-corrected chi connectivity index (χ4v) is 6.41. The van der Waals surface area contributed by atoms with Crippen LogP contribution in [0.5, 0.6) is 5.75 Å². The van der Waals surface area contributed by atoms with E-state index in [0.717, 1.165) is 73.3 Å². The minimum absolute atomic E-state index is 0.102. The van der Waals surface area contributed by atoms with E-state index < -0.39 is 12.1 Å². The Morgan fingerprint density at radius 3 is 2.30 bits per heavy atom. The SMILES string of the molecule is O=C(CCCOc1ccc(-c2csc(N3CCCCC3)n2)cc1)NC1CCN(Cc2ccc(Cl)c(Cl)c2)CC1.O=C(O)C(F)(F)F. The molecule has 8 nitrogen and oxygen atoms in total. The van der Waals surface area contributed by atoms with E-state index in [1.807, 2.05) is 30.3 Å². The fraction of sp³-hybridized carbons (Fsp3) is 0.469. The van der Waals surface area contributed by atoms with Crippen molar-refractivity contribution in [3.8, 4) is 17.0 Å². The van der Waals surface area contributed by atoms with Crippen LogP contribution in [-0.2, 0) is 16.1 Å². The smallest absolute Gasteiger partial charge is 0.490 e. The van der Waals surface area contributed by atoms with Gasteiger partial charge in [-0.15, -0.1) is 11.3 Å². The molecule has 2 aromatic carbocycles. The second-order valence-corrected chi connectivity index (χ2v) is 12.9. The summed E-state index contributed by atoms with van der Waals surface area (Å²) in [6.45, 7) is 5.48. The number of aromatic nitrogens is 1. The maximum absolute atomic E-state index is 12.5. The molecule has 2 N–H and O–H groups in total. The minimum Gasteiger partial charge on any atom is -0.494 e. The van der Waals surface area contributed by atoms with Crippen LogP contribution in [-0.4, -0.2) is 71.9 Å². The first-order chi connectivity index (χ1) is 22.0. The van der Waals surface area contributed by atoms with Crippen molar-refractivity contribution in [2.75, 3.05) is 37.7 Å². The molecule has 2 aliphatic rings. The Balaban J connectivity index is 0.000000617. The zero-order valence-corrected chi connectivity index (χ0v) is 27.5. The van der Waals surface area contributed by atoms with Crippen LogP contribution in [0.25, 0.3) is 11.3 Å². The molecule has 2 saturated heterocycles. The summed E-state index contributed by atoms with van der Waals surface area (Å²) in [6.07, 6.45) is 1.81. The average Bonchev–Trinajstić information content (AvgIpc) is 3.53. The standard InChI is InChI=1S/C30H36Cl2N4O2S.C2HF3O2/c31-26-11-6-22(19-27(26)32)20-35-16-12-24(13-17-35)33-29(37)5-4-18-38-25-9-7-23(8-10-25)28-21-39-30(34-28)36-14-2-1-3-15-36;3-2(4,5)1(6)7/h6-11,19,21,24H,1-5,12-18,20H2,(H,33,37);(H,6,7). The quantitative estimate of drug-likeness (QED) is 0.210. The van der Waals surface area contributed by atoms with Gasteiger partial charge in [0.05, 0.1) is 22.3 Å². The van der Waals surface area contributed by atoms with Crippen LogP contribution in [0.15, 0.2) is 47.8 Å². The van der Waals surface area contributed by atoms with Crippen molar-refractivity contribution in [1.29, 1.82) is 0 Å². The summed E-state index contributed by atoms with van der Waals surface area (Å²) in [7, 11) is 0. The number of nitrogens with zero attached hydrogens (tertiary/aromatic N) is 3. The number of piperidine rings is 2. The summed E-state index contributed by atoms with van der Waals surface area (Å²) in [5.41, 5.74) is 3.28. The molecular formula is C32H37Cl2F3N4O4S. The molecule has 3 heterocycles. The molecule has 0 unspecified atom stereocenters. The second-order valence-electron chi connectivity index (χ2n) is 11.2. The Hall–Kier alpha value is -3.06. The molecular weight excluding hydrogens is 664 g/mol. The number of hydrogen-bond donors (Lipinski definition) is 2. The van der Waals surface area contributed by atoms with Gasteiger partial charge in [-0.25, -0.2) is 9.78 Å². The number of thiazole rings is 1. The second kappa shape index (κ2) is 17.2. The number of alkyl halides is 3. The highest BCUT2D eigenvalue weighted by Crippen LogP contribution is 2.30. The topological polar surface area (TPSA) is 95.0 Å². The molecule has 250 valence electrons. The van der Waals surface area contributed by atoms with Crippen LogP contribution in [0.2, 0.25) is 10.0 Å². The van der Waals surface area contributed by atoms with Crippen molar-refractivity contribution in [2.45, 2.75) is 63.7 Å². The Morgan fingerprint density at radius 2 is 1.67 bits per heavy atom. The number of rotatable bonds is 10. The van der Waals surface area contributed by atoms with Crippen molar-refractivity contribution < 1.29 is 32.6 Å². The molecule has 5 rings (SSSR count). The highest BCUT2D eigenvalue weighted by Gasteiger charge is 2.38. The zero-order valence-electron chi connectivity index (χ0n) is 25.2. The van der Waals surface area contributed by atoms with E-state index in [-0.39, 0.29) is 11.9 Å². The van der Waals surface area contributed by atoms with E-state index in [0.29, 0.717) is 29.5 Å². The van der Waals surface area contributed by atoms with Gasteiger partial charge in [0.25, 0.3) is 0 Å². The molecule has 0 radical (unpaired) electrons. The third-order valence-electron chi connectivity index (χ3n) is 7.67. The van der Waals surface area contributed by atoms with Gasteiger partial charge in [-0.05, 0) is 80.5 Å². The number of carbonyl (C=O) groups is 2. The summed E-state index contributed by atoms with van der Waals surface area (Å²) in [5.74, 6) is -1.84. The summed E-state index contributed by atoms with van der Waals surface area (Å²) < 4.78 is 37.6. The number of carbonyl (C=O) groups excluding carboxylic acids is 1. The molecule has 3 aromatic rings. The fourth-order valence-electron chi connectivity index (χ4n) is 5.20. The number of likely N-dealkylation sites (tertiary alicyclic amines) is 1. The van der Waals surface area contributed by atoms with E-state index in [2.05, 4.69) is 32.6 Å². The number of anilines is 1. The molecule has 1 aromatic heterocycles. The third kappa shape index (κ3) is 11.3. The van der Waals surface area contributed by atoms with Gasteiger partial charge in [0, 0.05) is 56.1 Å². The van der Waals surface area contributed by atoms with E-state index in [1.54, 1.807) is 11.3 Å². The first-order valence-corrected chi connectivity index (χ1v) is 16.8. The number of nitrogens with one attached hydrogen (secondary N) is 1. The summed E-state index contributed by atoms with van der Waals surface area (Å²) >= 11 is 13.9. The molecule has 0 spiro atoms. The number of carboxylic acid groups (broad SMARTS) is 1. The van der Waals surface area contributed by atoms with Gasteiger partial charge in [-0.3, -0.25) is 9.69 Å². The van der Waals surface area contributed by atoms with Crippen LogP contribution in [0.4, 0.5) is 18.3 Å². The van der Waals surface area contributed by atoms with Crippen LogP contribution in [0.3, 0.4) is 0 Å². The molecule has 1 amide bonds. The van der Waals surface area contributed by atoms with Crippen molar-refractivity contribution >= 4 is 51.5 Å². The maximum atomic E-state index is 12.5. The molecule has 14 heteroatoms. The number of amides is 1. The number of aliphatic carboxylic acids is 1. The summed E-state index contributed by atoms with van der Waals surface area (Å²) in [5, 5.41) is 14.8. The van der Waals surface area contributed by atoms with E-state index in [4.69, 9.17) is 42.8 Å². The van der Waals surface area contributed by atoms with Gasteiger partial charge in [0.1, 0.15) is 5.75 Å². The largest absolute Gasteiger partial charge is 0.494 e. The molecule has 2 fully saturated rings. The van der Waals surface area contributed by atoms with Gasteiger partial charge in [-0.2, -0.15) is 13.2 Å². The lowest BCUT2D eigenvalue weighted by Crippen LogP contribution is -2.44. The van der Waals surface area contributed by atoms with Crippen LogP contribution >= 0.6 is 34.5 Å². The molecule has 2 aliphatic heterocycles. The van der Waals surface area contributed by atoms with Crippen molar-refractivity contribution in [3.05, 3.63) is 63.5 Å². The van der Waals surface area contributed by atoms with Gasteiger partial charge in [-0.1, -0.05) is 29.3 Å². The summed E-state index contributed by atoms with van der Waals surface area (Å²) in [6, 6.07) is 14.1. The lowest BCUT2D eigenvalue weighted by atomic mass is 10.0. The zero-order chi connectivity index (χ0) is 33.1. The Kier molecular flexibility index (Phi) is 13.4. The van der Waals surface area contributed by atoms with Crippen LogP contribution in [0.1, 0.15) is 50.5 Å². The lowest BCUT2D eigenvalue weighted by molar-refractivity contribution is -0.192. The van der Waals surface area contributed by atoms with Crippen LogP contribution in [0, 0.1) is 0 Å². The molecule has 0 aliphatic carbocycles. The Labute approximate surface area is 280 Å². The minimum atomic E-state index is -5.08. The number of halogens is 5. The normalized spacial score (nSPS) is 16.0. The van der Waals surface area contributed by atoms with Gasteiger partial charge < -0.3 is 20.1 Å². The number of benzene rings is 2. The Bertz CT molecular complexity index is 1430. The lowest BCUT2D eigenvalue weighted by Gasteiger charge is -2.32. The first kappa shape index (κ1) is 35.8. The highest BCUT2D eigenvalue weighted by atomic mass is 35.5. The first-order valence-electron chi connectivity index (χ1n) is 15.2. The van der Waals surface area contributed by atoms with Crippen molar-refractivity contribution in [3.63, 3.8) is 0 Å². The summed E-state index contributed by atoms with van der Waals surface area (Å²) in [4.78, 5) is 31.0. The molecule has 0 saturated carbocycles. The van der Waals surface area contributed by atoms with Crippen LogP contribution < -0.4 is 15.0 Å². The number of hydrogen-bond acceptors (Lipinski definition) is 7. The molecule has 0 bridgehead atoms. The molecule has 0 atom stereocenters. The predicted octanol–water partition coefficient (Wildman–Crippen LogP) is 7.68. The van der Waals surface area contributed by atoms with E-state index in [9.17, 15) is 18.0 Å². The van der Waals surface area contributed by atoms with Gasteiger partial charge >= 0.3 is 12.1 Å².